The van der Waals surface area contributed by atoms with E-state index in [0.29, 0.717) is 48.7 Å². The lowest BCUT2D eigenvalue weighted by molar-refractivity contribution is -0.353. The van der Waals surface area contributed by atoms with Crippen LogP contribution in [0.25, 0.3) is 5.65 Å². The van der Waals surface area contributed by atoms with Gasteiger partial charge in [0.05, 0.1) is 11.4 Å². The molecule has 180 valence electrons. The number of nitrogens with zero attached hydrogens (tertiary/aromatic N) is 5. The van der Waals surface area contributed by atoms with Gasteiger partial charge in [0.2, 0.25) is 0 Å². The average molecular weight is 478 g/mol. The van der Waals surface area contributed by atoms with Crippen molar-refractivity contribution in [1.29, 1.82) is 0 Å². The number of rotatable bonds is 5. The number of aromatic nitrogens is 2. The molecule has 0 atom stereocenters. The number of pyridine rings is 1. The molecule has 1 saturated heterocycles. The van der Waals surface area contributed by atoms with Gasteiger partial charge in [-0.15, -0.1) is 0 Å². The van der Waals surface area contributed by atoms with Crippen molar-refractivity contribution in [2.45, 2.75) is 12.8 Å². The van der Waals surface area contributed by atoms with Crippen molar-refractivity contribution in [2.24, 2.45) is 4.99 Å². The molecule has 35 heavy (non-hydrogen) atoms. The van der Waals surface area contributed by atoms with Gasteiger partial charge in [0.15, 0.2) is 5.69 Å². The fourth-order valence-electron chi connectivity index (χ4n) is 4.38. The Labute approximate surface area is 201 Å². The van der Waals surface area contributed by atoms with Crippen molar-refractivity contribution in [1.82, 2.24) is 9.30 Å². The maximum Gasteiger partial charge on any atom is 0.385 e. The molecule has 2 N–H and O–H groups in total. The van der Waals surface area contributed by atoms with Crippen LogP contribution in [0, 0.1) is 5.82 Å². The number of nitrogens with one attached hydrogen (secondary N) is 1. The topological polar surface area (TPSA) is 95.0 Å². The zero-order chi connectivity index (χ0) is 24.9. The maximum atomic E-state index is 13.3. The Morgan fingerprint density at radius 1 is 1.17 bits per heavy atom. The van der Waals surface area contributed by atoms with Crippen LogP contribution < -0.4 is 20.3 Å². The fourth-order valence-corrected chi connectivity index (χ4v) is 4.38. The minimum absolute atomic E-state index is 0.167. The monoisotopic (exact) mass is 477 g/mol. The molecule has 2 aliphatic rings. The number of carbonyl (C=O) groups is 1. The number of likely N-dealkylation sites (N-methyl/N-ethyl adjacent to an activating group) is 1. The predicted molar refractivity (Wildman–Crippen MR) is 131 cm³/mol. The molecule has 1 aromatic carbocycles. The molecular formula is C25H26FN6O3+. The largest absolute Gasteiger partial charge is 0.498 e. The smallest absolute Gasteiger partial charge is 0.385 e. The lowest BCUT2D eigenvalue weighted by Crippen LogP contribution is -2.34. The van der Waals surface area contributed by atoms with Crippen LogP contribution in [-0.4, -0.2) is 60.4 Å². The highest BCUT2D eigenvalue weighted by atomic mass is 19.1. The molecule has 0 saturated carbocycles. The lowest BCUT2D eigenvalue weighted by atomic mass is 10.0. The van der Waals surface area contributed by atoms with E-state index in [0.717, 1.165) is 11.1 Å². The molecule has 2 aliphatic heterocycles. The summed E-state index contributed by atoms with van der Waals surface area (Å²) >= 11 is 0. The van der Waals surface area contributed by atoms with Crippen LogP contribution >= 0.6 is 0 Å². The number of aromatic amines is 1. The summed E-state index contributed by atoms with van der Waals surface area (Å²) in [7, 11) is 5.41. The van der Waals surface area contributed by atoms with E-state index in [2.05, 4.69) is 9.98 Å². The fraction of sp³-hybridized carbons (Fsp3) is 0.280. The number of H-pyrrole nitrogens is 1. The number of allylic oxidation sites excluding steroid dienone is 1. The summed E-state index contributed by atoms with van der Waals surface area (Å²) in [5.74, 6) is -0.734. The van der Waals surface area contributed by atoms with Crippen LogP contribution in [0.1, 0.15) is 17.7 Å². The number of anilines is 2. The third-order valence-corrected chi connectivity index (χ3v) is 6.39. The molecule has 0 spiro atoms. The Balaban J connectivity index is 1.55. The highest BCUT2D eigenvalue weighted by Crippen LogP contribution is 2.29. The number of benzene rings is 1. The first-order chi connectivity index (χ1) is 16.7. The summed E-state index contributed by atoms with van der Waals surface area (Å²) in [6.07, 6.45) is 4.34. The normalized spacial score (nSPS) is 15.7. The summed E-state index contributed by atoms with van der Waals surface area (Å²) in [5, 5.41) is 10.8. The second-order valence-corrected chi connectivity index (χ2v) is 9.05. The van der Waals surface area contributed by atoms with Crippen molar-refractivity contribution < 1.29 is 19.3 Å². The molecule has 4 heterocycles. The Kier molecular flexibility index (Phi) is 5.50. The van der Waals surface area contributed by atoms with Gasteiger partial charge in [-0.05, 0) is 35.8 Å². The van der Waals surface area contributed by atoms with E-state index in [1.807, 2.05) is 25.1 Å². The number of aromatic hydroxyl groups is 1. The second-order valence-electron chi connectivity index (χ2n) is 9.05. The number of halogens is 1. The Bertz CT molecular complexity index is 1460. The number of aliphatic imine (C=N–C) groups is 1. The van der Waals surface area contributed by atoms with E-state index in [1.54, 1.807) is 41.4 Å². The van der Waals surface area contributed by atoms with Gasteiger partial charge in [-0.1, -0.05) is 12.1 Å². The lowest BCUT2D eigenvalue weighted by Gasteiger charge is -2.19. The molecule has 1 fully saturated rings. The molecule has 3 aromatic rings. The zero-order valence-electron chi connectivity index (χ0n) is 19.7. The Morgan fingerprint density at radius 2 is 1.91 bits per heavy atom. The number of fused-ring (bicyclic) bond motifs is 1. The minimum atomic E-state index is -0.603. The summed E-state index contributed by atoms with van der Waals surface area (Å²) in [6, 6.07) is 7.95. The van der Waals surface area contributed by atoms with Crippen molar-refractivity contribution in [3.8, 4) is 5.75 Å². The number of hydrogen-bond donors (Lipinski definition) is 1. The molecule has 0 unspecified atom stereocenters. The molecule has 0 bridgehead atoms. The summed E-state index contributed by atoms with van der Waals surface area (Å²) < 4.78 is 14.6. The quantitative estimate of drug-likeness (QED) is 0.610. The number of hydrogen-bond acceptors (Lipinski definition) is 5. The summed E-state index contributed by atoms with van der Waals surface area (Å²) in [6.45, 7) is 1.04. The van der Waals surface area contributed by atoms with E-state index < -0.39 is 11.3 Å². The highest BCUT2D eigenvalue weighted by molar-refractivity contribution is 6.03. The van der Waals surface area contributed by atoms with Gasteiger partial charge in [-0.25, -0.2) is 19.0 Å². The van der Waals surface area contributed by atoms with Crippen LogP contribution in [-0.2, 0) is 6.42 Å². The molecule has 0 aliphatic carbocycles. The molecule has 5 rings (SSSR count). The number of urea groups is 1. The second kappa shape index (κ2) is 8.53. The summed E-state index contributed by atoms with van der Waals surface area (Å²) in [5.41, 5.74) is 3.70. The molecular weight excluding hydrogens is 451 g/mol. The van der Waals surface area contributed by atoms with E-state index in [4.69, 9.17) is 0 Å². The van der Waals surface area contributed by atoms with Crippen LogP contribution in [0.2, 0.25) is 0 Å². The molecule has 2 aromatic heterocycles. The SMILES string of the molecule is CN1CCN(c2cc(N(C)C)cn3c(=O)c(O)c(C4=NC=C(Cc5ccc(F)cc5)C4)[nH+]c23)C1=O. The minimum Gasteiger partial charge on any atom is -0.498 e. The molecule has 2 amide bonds. The van der Waals surface area contributed by atoms with E-state index in [-0.39, 0.29) is 17.5 Å². The molecule has 0 radical (unpaired) electrons. The standard InChI is InChI=1S/C25H25FN6O3/c1-29(2)18-12-20(31-9-8-30(3)25(31)35)23-28-21(22(33)24(34)32(23)14-18)19-11-16(13-27-19)10-15-4-6-17(26)7-5-15/h4-7,12-14,33H,8-11H2,1-3H3/p+1. The Hall–Kier alpha value is -4.21. The van der Waals surface area contributed by atoms with E-state index >= 15 is 0 Å². The van der Waals surface area contributed by atoms with Gasteiger partial charge in [0.1, 0.15) is 17.7 Å². The third kappa shape index (κ3) is 4.01. The molecule has 10 heteroatoms. The first kappa shape index (κ1) is 22.6. The maximum absolute atomic E-state index is 13.3. The average Bonchev–Trinajstić information content (AvgIpc) is 3.43. The van der Waals surface area contributed by atoms with Gasteiger partial charge in [0.25, 0.3) is 5.75 Å². The van der Waals surface area contributed by atoms with Gasteiger partial charge in [-0.2, -0.15) is 4.40 Å². The van der Waals surface area contributed by atoms with Gasteiger partial charge in [0, 0.05) is 46.9 Å². The van der Waals surface area contributed by atoms with Crippen molar-refractivity contribution in [2.75, 3.05) is 44.0 Å². The number of carbonyl (C=O) groups excluding carboxylic acids is 1. The third-order valence-electron chi connectivity index (χ3n) is 6.39. The number of amides is 2. The van der Waals surface area contributed by atoms with Gasteiger partial charge < -0.3 is 14.9 Å². The van der Waals surface area contributed by atoms with Crippen molar-refractivity contribution in [3.05, 3.63) is 75.7 Å². The van der Waals surface area contributed by atoms with E-state index in [1.165, 1.54) is 16.5 Å². The summed E-state index contributed by atoms with van der Waals surface area (Å²) in [4.78, 5) is 38.7. The van der Waals surface area contributed by atoms with Gasteiger partial charge >= 0.3 is 17.2 Å². The first-order valence-corrected chi connectivity index (χ1v) is 11.3. The van der Waals surface area contributed by atoms with E-state index in [9.17, 15) is 19.1 Å². The van der Waals surface area contributed by atoms with Crippen molar-refractivity contribution >= 4 is 28.8 Å². The molecule has 9 nitrogen and oxygen atoms in total. The van der Waals surface area contributed by atoms with Crippen molar-refractivity contribution in [3.63, 3.8) is 0 Å². The van der Waals surface area contributed by atoms with Crippen LogP contribution in [0.3, 0.4) is 0 Å². The van der Waals surface area contributed by atoms with Gasteiger partial charge in [-0.3, -0.25) is 9.89 Å². The van der Waals surface area contributed by atoms with Crippen LogP contribution in [0.15, 0.2) is 58.1 Å². The van der Waals surface area contributed by atoms with Crippen LogP contribution in [0.4, 0.5) is 20.6 Å². The van der Waals surface area contributed by atoms with Crippen LogP contribution in [0.5, 0.6) is 5.75 Å². The Morgan fingerprint density at radius 3 is 2.57 bits per heavy atom. The highest BCUT2D eigenvalue weighted by Gasteiger charge is 2.33. The zero-order valence-corrected chi connectivity index (χ0v) is 19.7. The predicted octanol–water partition coefficient (Wildman–Crippen LogP) is 2.22. The first-order valence-electron chi connectivity index (χ1n) is 11.3.